The van der Waals surface area contributed by atoms with E-state index in [9.17, 15) is 18.7 Å². The summed E-state index contributed by atoms with van der Waals surface area (Å²) >= 11 is 0. The average molecular weight is 569 g/mol. The number of hydrogen-bond acceptors (Lipinski definition) is 5. The molecule has 9 heteroatoms. The Kier molecular flexibility index (Phi) is 8.90. The van der Waals surface area contributed by atoms with Gasteiger partial charge in [0.25, 0.3) is 0 Å². The Morgan fingerprint density at radius 3 is 2.49 bits per heavy atom. The van der Waals surface area contributed by atoms with Gasteiger partial charge >= 0.3 is 6.09 Å². The van der Waals surface area contributed by atoms with E-state index in [1.807, 2.05) is 6.20 Å². The SMILES string of the molecule is CC(C)(C)OC(=O)N[C@@H](Cc1cc(F)cc(F)c1)C(O)CNC1(c2cccc(C(C)(C)C)c2)CCc2[nH]ncc2C1. The van der Waals surface area contributed by atoms with Gasteiger partial charge in [0.15, 0.2) is 0 Å². The molecule has 1 amide bonds. The highest BCUT2D eigenvalue weighted by molar-refractivity contribution is 5.68. The van der Waals surface area contributed by atoms with E-state index < -0.39 is 41.0 Å². The number of rotatable bonds is 8. The van der Waals surface area contributed by atoms with Crippen LogP contribution < -0.4 is 10.6 Å². The molecular weight excluding hydrogens is 526 g/mol. The molecule has 0 fully saturated rings. The molecule has 41 heavy (non-hydrogen) atoms. The molecule has 0 radical (unpaired) electrons. The Labute approximate surface area is 241 Å². The summed E-state index contributed by atoms with van der Waals surface area (Å²) in [6, 6.07) is 10.8. The van der Waals surface area contributed by atoms with Crippen LogP contribution in [0.25, 0.3) is 0 Å². The van der Waals surface area contributed by atoms with Gasteiger partial charge in [-0.1, -0.05) is 45.0 Å². The lowest BCUT2D eigenvalue weighted by molar-refractivity contribution is 0.0411. The minimum absolute atomic E-state index is 0.00908. The lowest BCUT2D eigenvalue weighted by atomic mass is 9.74. The van der Waals surface area contributed by atoms with Crippen LogP contribution >= 0.6 is 0 Å². The number of halogens is 2. The number of nitrogens with zero attached hydrogens (tertiary/aromatic N) is 1. The minimum atomic E-state index is -1.10. The van der Waals surface area contributed by atoms with Gasteiger partial charge in [-0.3, -0.25) is 5.10 Å². The molecule has 4 rings (SSSR count). The number of fused-ring (bicyclic) bond motifs is 1. The summed E-state index contributed by atoms with van der Waals surface area (Å²) in [5.41, 5.74) is 3.53. The summed E-state index contributed by atoms with van der Waals surface area (Å²) in [5, 5.41) is 25.2. The van der Waals surface area contributed by atoms with Crippen molar-refractivity contribution in [2.24, 2.45) is 0 Å². The fourth-order valence-electron chi connectivity index (χ4n) is 5.41. The molecule has 2 unspecified atom stereocenters. The predicted molar refractivity (Wildman–Crippen MR) is 155 cm³/mol. The molecule has 4 N–H and O–H groups in total. The van der Waals surface area contributed by atoms with Gasteiger partial charge < -0.3 is 20.5 Å². The van der Waals surface area contributed by atoms with Crippen molar-refractivity contribution in [2.75, 3.05) is 6.54 Å². The van der Waals surface area contributed by atoms with Gasteiger partial charge in [0.1, 0.15) is 17.2 Å². The van der Waals surface area contributed by atoms with Gasteiger partial charge in [0.05, 0.1) is 18.3 Å². The summed E-state index contributed by atoms with van der Waals surface area (Å²) in [5.74, 6) is -1.45. The number of aliphatic hydroxyl groups is 1. The number of carbonyl (C=O) groups excluding carboxylic acids is 1. The van der Waals surface area contributed by atoms with Crippen molar-refractivity contribution in [1.82, 2.24) is 20.8 Å². The summed E-state index contributed by atoms with van der Waals surface area (Å²) in [4.78, 5) is 12.7. The van der Waals surface area contributed by atoms with Gasteiger partial charge in [-0.25, -0.2) is 13.6 Å². The monoisotopic (exact) mass is 568 g/mol. The number of hydrogen-bond donors (Lipinski definition) is 4. The average Bonchev–Trinajstić information content (AvgIpc) is 3.32. The van der Waals surface area contributed by atoms with Crippen LogP contribution in [0.5, 0.6) is 0 Å². The minimum Gasteiger partial charge on any atom is -0.444 e. The van der Waals surface area contributed by atoms with Crippen LogP contribution in [0.4, 0.5) is 13.6 Å². The zero-order chi connectivity index (χ0) is 30.0. The lowest BCUT2D eigenvalue weighted by Gasteiger charge is -2.40. The Morgan fingerprint density at radius 1 is 1.12 bits per heavy atom. The number of aryl methyl sites for hydroxylation is 1. The largest absolute Gasteiger partial charge is 0.444 e. The normalized spacial score (nSPS) is 18.9. The lowest BCUT2D eigenvalue weighted by Crippen LogP contribution is -2.54. The number of carbonyl (C=O) groups is 1. The van der Waals surface area contributed by atoms with Gasteiger partial charge in [0.2, 0.25) is 0 Å². The molecule has 3 aromatic rings. The fraction of sp³-hybridized carbons (Fsp3) is 0.500. The summed E-state index contributed by atoms with van der Waals surface area (Å²) in [7, 11) is 0. The van der Waals surface area contributed by atoms with E-state index in [2.05, 4.69) is 65.9 Å². The number of nitrogens with one attached hydrogen (secondary N) is 3. The molecule has 0 bridgehead atoms. The first kappa shape index (κ1) is 30.7. The first-order valence-electron chi connectivity index (χ1n) is 14.1. The molecule has 1 heterocycles. The number of alkyl carbamates (subject to hydrolysis) is 1. The van der Waals surface area contributed by atoms with Crippen LogP contribution in [0.1, 0.15) is 75.9 Å². The van der Waals surface area contributed by atoms with E-state index in [1.54, 1.807) is 20.8 Å². The molecule has 0 aliphatic heterocycles. The maximum atomic E-state index is 14.0. The number of aromatic nitrogens is 2. The zero-order valence-electron chi connectivity index (χ0n) is 24.8. The van der Waals surface area contributed by atoms with Crippen LogP contribution in [0, 0.1) is 11.6 Å². The molecule has 7 nitrogen and oxygen atoms in total. The van der Waals surface area contributed by atoms with Crippen molar-refractivity contribution >= 4 is 6.09 Å². The van der Waals surface area contributed by atoms with Crippen LogP contribution in [0.3, 0.4) is 0 Å². The summed E-state index contributed by atoms with van der Waals surface area (Å²) in [6.07, 6.45) is 2.25. The number of aliphatic hydroxyl groups excluding tert-OH is 1. The fourth-order valence-corrected chi connectivity index (χ4v) is 5.41. The molecule has 1 aliphatic carbocycles. The second-order valence-electron chi connectivity index (χ2n) is 13.1. The van der Waals surface area contributed by atoms with E-state index >= 15 is 0 Å². The van der Waals surface area contributed by atoms with E-state index in [-0.39, 0.29) is 18.4 Å². The first-order valence-corrected chi connectivity index (χ1v) is 14.1. The quantitative estimate of drug-likeness (QED) is 0.289. The highest BCUT2D eigenvalue weighted by atomic mass is 19.1. The predicted octanol–water partition coefficient (Wildman–Crippen LogP) is 5.46. The van der Waals surface area contributed by atoms with Crippen molar-refractivity contribution in [2.45, 2.75) is 95.9 Å². The number of ether oxygens (including phenoxy) is 1. The smallest absolute Gasteiger partial charge is 0.407 e. The third-order valence-electron chi connectivity index (χ3n) is 7.58. The molecule has 0 spiro atoms. The number of aromatic amines is 1. The van der Waals surface area contributed by atoms with E-state index in [1.165, 1.54) is 17.7 Å². The van der Waals surface area contributed by atoms with Crippen molar-refractivity contribution < 1.29 is 23.4 Å². The van der Waals surface area contributed by atoms with Crippen molar-refractivity contribution in [3.8, 4) is 0 Å². The molecule has 1 aromatic heterocycles. The third-order valence-corrected chi connectivity index (χ3v) is 7.58. The second kappa shape index (κ2) is 11.9. The third kappa shape index (κ3) is 7.92. The number of amides is 1. The molecule has 0 saturated carbocycles. The van der Waals surface area contributed by atoms with Crippen LogP contribution in [0.15, 0.2) is 48.7 Å². The number of H-pyrrole nitrogens is 1. The summed E-state index contributed by atoms with van der Waals surface area (Å²) in [6.45, 7) is 11.9. The Bertz CT molecular complexity index is 1340. The first-order chi connectivity index (χ1) is 19.1. The maximum absolute atomic E-state index is 14.0. The van der Waals surface area contributed by atoms with Crippen LogP contribution in [-0.2, 0) is 35.0 Å². The van der Waals surface area contributed by atoms with E-state index in [0.717, 1.165) is 35.7 Å². The molecule has 2 aromatic carbocycles. The second-order valence-corrected chi connectivity index (χ2v) is 13.1. The van der Waals surface area contributed by atoms with Crippen LogP contribution in [-0.4, -0.2) is 45.7 Å². The Morgan fingerprint density at radius 2 is 1.83 bits per heavy atom. The number of benzene rings is 2. The summed E-state index contributed by atoms with van der Waals surface area (Å²) < 4.78 is 33.4. The van der Waals surface area contributed by atoms with Crippen LogP contribution in [0.2, 0.25) is 0 Å². The molecular formula is C32H42F2N4O3. The molecule has 0 saturated heterocycles. The van der Waals surface area contributed by atoms with Crippen molar-refractivity contribution in [3.05, 3.63) is 88.2 Å². The van der Waals surface area contributed by atoms with Gasteiger partial charge in [-0.2, -0.15) is 5.10 Å². The zero-order valence-corrected chi connectivity index (χ0v) is 24.8. The van der Waals surface area contributed by atoms with Gasteiger partial charge in [-0.15, -0.1) is 0 Å². The standard InChI is InChI=1S/C32H42F2N4O3/c1-30(2,3)22-8-7-9-23(15-22)32(11-10-26-21(17-32)18-36-38-26)35-19-28(39)27(37-29(40)41-31(4,5)6)14-20-12-24(33)16-25(34)13-20/h7-9,12-13,15-16,18,27-28,35,39H,10-11,14,17,19H2,1-6H3,(H,36,38)(H,37,40)/t27-,28?,32?/m0/s1. The van der Waals surface area contributed by atoms with Crippen molar-refractivity contribution in [1.29, 1.82) is 0 Å². The van der Waals surface area contributed by atoms with Gasteiger partial charge in [-0.05, 0) is 86.3 Å². The Hall–Kier alpha value is -3.30. The molecule has 1 aliphatic rings. The van der Waals surface area contributed by atoms with E-state index in [0.29, 0.717) is 12.0 Å². The van der Waals surface area contributed by atoms with Gasteiger partial charge in [0, 0.05) is 23.8 Å². The molecule has 3 atom stereocenters. The van der Waals surface area contributed by atoms with Crippen molar-refractivity contribution in [3.63, 3.8) is 0 Å². The highest BCUT2D eigenvalue weighted by Crippen LogP contribution is 2.37. The maximum Gasteiger partial charge on any atom is 0.407 e. The topological polar surface area (TPSA) is 99.3 Å². The Balaban J connectivity index is 1.61. The van der Waals surface area contributed by atoms with E-state index in [4.69, 9.17) is 4.74 Å². The highest BCUT2D eigenvalue weighted by Gasteiger charge is 2.38. The molecule has 222 valence electrons.